The topological polar surface area (TPSA) is 104 Å². The molecule has 0 spiro atoms. The van der Waals surface area contributed by atoms with E-state index < -0.39 is 5.97 Å². The maximum absolute atomic E-state index is 11.5. The molecule has 0 aliphatic carbocycles. The lowest BCUT2D eigenvalue weighted by Gasteiger charge is -2.10. The number of hydrogen-bond acceptors (Lipinski definition) is 4. The fraction of sp³-hybridized carbons (Fsp3) is 0.385. The number of hydrogen-bond donors (Lipinski definition) is 4. The molecule has 104 valence electrons. The molecule has 6 nitrogen and oxygen atoms in total. The van der Waals surface area contributed by atoms with Crippen molar-refractivity contribution in [3.63, 3.8) is 0 Å². The van der Waals surface area contributed by atoms with E-state index in [4.69, 9.17) is 10.8 Å². The van der Waals surface area contributed by atoms with Gasteiger partial charge in [0.25, 0.3) is 0 Å². The quantitative estimate of drug-likeness (QED) is 0.578. The van der Waals surface area contributed by atoms with Crippen LogP contribution in [0.5, 0.6) is 0 Å². The Labute approximate surface area is 112 Å². The Morgan fingerprint density at radius 1 is 1.37 bits per heavy atom. The molecule has 6 heteroatoms. The molecule has 1 aromatic carbocycles. The van der Waals surface area contributed by atoms with Crippen molar-refractivity contribution in [2.45, 2.75) is 13.8 Å². The van der Waals surface area contributed by atoms with Crippen LogP contribution in [0.2, 0.25) is 0 Å². The molecule has 0 atom stereocenters. The zero-order valence-corrected chi connectivity index (χ0v) is 11.1. The van der Waals surface area contributed by atoms with E-state index in [1.807, 2.05) is 13.8 Å². The van der Waals surface area contributed by atoms with Crippen molar-refractivity contribution in [3.05, 3.63) is 23.8 Å². The number of anilines is 2. The summed E-state index contributed by atoms with van der Waals surface area (Å²) in [6.45, 7) is 4.72. The van der Waals surface area contributed by atoms with E-state index >= 15 is 0 Å². The average Bonchev–Trinajstić information content (AvgIpc) is 2.35. The monoisotopic (exact) mass is 265 g/mol. The van der Waals surface area contributed by atoms with Crippen LogP contribution in [0.1, 0.15) is 24.2 Å². The summed E-state index contributed by atoms with van der Waals surface area (Å²) in [5.41, 5.74) is 6.30. The first-order valence-electron chi connectivity index (χ1n) is 6.03. The van der Waals surface area contributed by atoms with Crippen LogP contribution in [0.3, 0.4) is 0 Å². The van der Waals surface area contributed by atoms with Gasteiger partial charge in [-0.25, -0.2) is 4.79 Å². The Bertz CT molecular complexity index is 472. The molecule has 0 saturated carbocycles. The van der Waals surface area contributed by atoms with Gasteiger partial charge in [-0.15, -0.1) is 0 Å². The van der Waals surface area contributed by atoms with Gasteiger partial charge in [0.15, 0.2) is 0 Å². The Kier molecular flexibility index (Phi) is 5.17. The molecule has 0 fully saturated rings. The second-order valence-electron chi connectivity index (χ2n) is 4.66. The van der Waals surface area contributed by atoms with Gasteiger partial charge in [0.1, 0.15) is 0 Å². The van der Waals surface area contributed by atoms with E-state index in [1.165, 1.54) is 12.1 Å². The molecule has 0 aliphatic heterocycles. The second kappa shape index (κ2) is 6.63. The molecule has 19 heavy (non-hydrogen) atoms. The number of carbonyl (C=O) groups is 2. The van der Waals surface area contributed by atoms with Crippen molar-refractivity contribution in [1.29, 1.82) is 0 Å². The summed E-state index contributed by atoms with van der Waals surface area (Å²) in [7, 11) is 0. The van der Waals surface area contributed by atoms with Gasteiger partial charge in [0, 0.05) is 17.9 Å². The number of nitrogens with two attached hydrogens (primary N) is 1. The number of aromatic carboxylic acids is 1. The summed E-state index contributed by atoms with van der Waals surface area (Å²) in [5.74, 6) is -0.841. The molecular weight excluding hydrogens is 246 g/mol. The van der Waals surface area contributed by atoms with Crippen LogP contribution in [-0.2, 0) is 4.79 Å². The van der Waals surface area contributed by atoms with Gasteiger partial charge in [-0.1, -0.05) is 13.8 Å². The van der Waals surface area contributed by atoms with E-state index in [2.05, 4.69) is 10.6 Å². The molecule has 5 N–H and O–H groups in total. The first kappa shape index (κ1) is 14.8. The Hall–Kier alpha value is -2.24. The van der Waals surface area contributed by atoms with Gasteiger partial charge in [-0.05, 0) is 24.1 Å². The lowest BCUT2D eigenvalue weighted by atomic mass is 10.1. The average molecular weight is 265 g/mol. The molecule has 0 unspecified atom stereocenters. The fourth-order valence-corrected chi connectivity index (χ4v) is 1.41. The van der Waals surface area contributed by atoms with Gasteiger partial charge < -0.3 is 21.5 Å². The summed E-state index contributed by atoms with van der Waals surface area (Å²) < 4.78 is 0. The van der Waals surface area contributed by atoms with E-state index in [9.17, 15) is 9.59 Å². The summed E-state index contributed by atoms with van der Waals surface area (Å²) in [5, 5.41) is 14.5. The number of benzene rings is 1. The molecule has 0 aromatic heterocycles. The highest BCUT2D eigenvalue weighted by atomic mass is 16.4. The summed E-state index contributed by atoms with van der Waals surface area (Å²) >= 11 is 0. The first-order chi connectivity index (χ1) is 8.90. The van der Waals surface area contributed by atoms with Crippen LogP contribution in [0, 0.1) is 5.92 Å². The van der Waals surface area contributed by atoms with E-state index in [-0.39, 0.29) is 23.7 Å². The molecule has 1 aromatic rings. The SMILES string of the molecule is CC(C)CNC(=O)CNc1ccc(N)c(C(=O)O)c1. The molecule has 0 heterocycles. The third-order valence-electron chi connectivity index (χ3n) is 2.44. The standard InChI is InChI=1S/C13H19N3O3/c1-8(2)6-16-12(17)7-15-9-3-4-11(14)10(5-9)13(18)19/h3-5,8,15H,6-7,14H2,1-2H3,(H,16,17)(H,18,19). The molecular formula is C13H19N3O3. The number of carboxylic acids is 1. The van der Waals surface area contributed by atoms with Crippen LogP contribution >= 0.6 is 0 Å². The number of amides is 1. The Balaban J connectivity index is 2.56. The van der Waals surface area contributed by atoms with Crippen molar-refractivity contribution in [2.75, 3.05) is 24.1 Å². The lowest BCUT2D eigenvalue weighted by Crippen LogP contribution is -2.32. The van der Waals surface area contributed by atoms with Gasteiger partial charge >= 0.3 is 5.97 Å². The predicted octanol–water partition coefficient (Wildman–Crippen LogP) is 1.15. The largest absolute Gasteiger partial charge is 0.478 e. The Morgan fingerprint density at radius 3 is 2.63 bits per heavy atom. The third kappa shape index (κ3) is 4.87. The Morgan fingerprint density at radius 2 is 2.05 bits per heavy atom. The summed E-state index contributed by atoms with van der Waals surface area (Å²) in [6.07, 6.45) is 0. The van der Waals surface area contributed by atoms with Gasteiger partial charge in [0.05, 0.1) is 12.1 Å². The third-order valence-corrected chi connectivity index (χ3v) is 2.44. The van der Waals surface area contributed by atoms with E-state index in [0.717, 1.165) is 0 Å². The number of nitrogens with one attached hydrogen (secondary N) is 2. The summed E-state index contributed by atoms with van der Waals surface area (Å²) in [4.78, 5) is 22.4. The zero-order chi connectivity index (χ0) is 14.4. The van der Waals surface area contributed by atoms with Crippen LogP contribution in [0.15, 0.2) is 18.2 Å². The normalized spacial score (nSPS) is 10.3. The summed E-state index contributed by atoms with van der Waals surface area (Å²) in [6, 6.07) is 4.54. The van der Waals surface area contributed by atoms with Crippen LogP contribution in [0.25, 0.3) is 0 Å². The molecule has 0 saturated heterocycles. The van der Waals surface area contributed by atoms with Crippen molar-refractivity contribution in [3.8, 4) is 0 Å². The minimum atomic E-state index is -1.09. The number of nitrogen functional groups attached to an aromatic ring is 1. The number of carbonyl (C=O) groups excluding carboxylic acids is 1. The van der Waals surface area contributed by atoms with Gasteiger partial charge in [0.2, 0.25) is 5.91 Å². The second-order valence-corrected chi connectivity index (χ2v) is 4.66. The molecule has 1 rings (SSSR count). The highest BCUT2D eigenvalue weighted by Crippen LogP contribution is 2.17. The maximum Gasteiger partial charge on any atom is 0.337 e. The molecule has 0 radical (unpaired) electrons. The number of carboxylic acid groups (broad SMARTS) is 1. The highest BCUT2D eigenvalue weighted by molar-refractivity contribution is 5.95. The first-order valence-corrected chi connectivity index (χ1v) is 6.03. The van der Waals surface area contributed by atoms with Gasteiger partial charge in [-0.3, -0.25) is 4.79 Å². The van der Waals surface area contributed by atoms with Crippen LogP contribution in [-0.4, -0.2) is 30.1 Å². The predicted molar refractivity (Wildman–Crippen MR) is 74.2 cm³/mol. The molecule has 0 bridgehead atoms. The smallest absolute Gasteiger partial charge is 0.337 e. The minimum Gasteiger partial charge on any atom is -0.478 e. The van der Waals surface area contributed by atoms with Crippen molar-refractivity contribution in [2.24, 2.45) is 5.92 Å². The maximum atomic E-state index is 11.5. The van der Waals surface area contributed by atoms with Crippen LogP contribution in [0.4, 0.5) is 11.4 Å². The van der Waals surface area contributed by atoms with Crippen molar-refractivity contribution >= 4 is 23.3 Å². The lowest BCUT2D eigenvalue weighted by molar-refractivity contribution is -0.119. The minimum absolute atomic E-state index is 0.0209. The fourth-order valence-electron chi connectivity index (χ4n) is 1.41. The van der Waals surface area contributed by atoms with Crippen molar-refractivity contribution < 1.29 is 14.7 Å². The van der Waals surface area contributed by atoms with Crippen LogP contribution < -0.4 is 16.4 Å². The van der Waals surface area contributed by atoms with Gasteiger partial charge in [-0.2, -0.15) is 0 Å². The number of rotatable bonds is 6. The highest BCUT2D eigenvalue weighted by Gasteiger charge is 2.09. The van der Waals surface area contributed by atoms with E-state index in [1.54, 1.807) is 6.07 Å². The molecule has 0 aliphatic rings. The van der Waals surface area contributed by atoms with E-state index in [0.29, 0.717) is 18.2 Å². The zero-order valence-electron chi connectivity index (χ0n) is 11.1. The van der Waals surface area contributed by atoms with Crippen molar-refractivity contribution in [1.82, 2.24) is 5.32 Å². The molecule has 1 amide bonds.